The molecular formula is C18H23N3O3. The van der Waals surface area contributed by atoms with E-state index in [1.54, 1.807) is 17.0 Å². The molecule has 1 N–H and O–H groups in total. The summed E-state index contributed by atoms with van der Waals surface area (Å²) in [5, 5.41) is 3.59. The van der Waals surface area contributed by atoms with Crippen molar-refractivity contribution in [3.63, 3.8) is 0 Å². The summed E-state index contributed by atoms with van der Waals surface area (Å²) in [5.41, 5.74) is 0.635. The molecule has 2 aromatic rings. The van der Waals surface area contributed by atoms with E-state index in [4.69, 9.17) is 4.74 Å². The number of carbonyl (C=O) groups excluding carboxylic acids is 1. The van der Waals surface area contributed by atoms with Crippen LogP contribution in [0.2, 0.25) is 0 Å². The van der Waals surface area contributed by atoms with Crippen molar-refractivity contribution >= 4 is 16.8 Å². The molecule has 1 aliphatic rings. The second kappa shape index (κ2) is 7.57. The van der Waals surface area contributed by atoms with Crippen molar-refractivity contribution in [3.8, 4) is 0 Å². The van der Waals surface area contributed by atoms with Crippen molar-refractivity contribution in [2.75, 3.05) is 6.61 Å². The number of aromatic nitrogens is 2. The summed E-state index contributed by atoms with van der Waals surface area (Å²) >= 11 is 0. The number of fused-ring (bicyclic) bond motifs is 1. The smallest absolute Gasteiger partial charge is 0.261 e. The molecular weight excluding hydrogens is 306 g/mol. The first-order chi connectivity index (χ1) is 11.6. The van der Waals surface area contributed by atoms with Crippen LogP contribution in [0.4, 0.5) is 0 Å². The van der Waals surface area contributed by atoms with E-state index in [9.17, 15) is 9.59 Å². The lowest BCUT2D eigenvalue weighted by Crippen LogP contribution is -2.40. The van der Waals surface area contributed by atoms with E-state index < -0.39 is 0 Å². The Labute approximate surface area is 140 Å². The molecule has 1 aromatic carbocycles. The predicted octanol–water partition coefficient (Wildman–Crippen LogP) is 1.86. The van der Waals surface area contributed by atoms with Crippen molar-refractivity contribution in [3.05, 3.63) is 40.9 Å². The molecule has 6 nitrogen and oxygen atoms in total. The van der Waals surface area contributed by atoms with E-state index in [1.165, 1.54) is 0 Å². The van der Waals surface area contributed by atoms with E-state index in [0.717, 1.165) is 19.4 Å². The standard InChI is InChI=1S/C18H23N3O3/c1-13(16-8-5-11-24-16)20-17(22)9-4-10-21-12-19-15-7-3-2-6-14(15)18(21)23/h2-3,6-7,12-13,16H,4-5,8-11H2,1H3,(H,20,22). The van der Waals surface area contributed by atoms with Crippen LogP contribution in [0.15, 0.2) is 35.4 Å². The maximum atomic E-state index is 12.4. The Morgan fingerprint density at radius 3 is 3.08 bits per heavy atom. The molecule has 128 valence electrons. The second-order valence-corrected chi connectivity index (χ2v) is 6.27. The van der Waals surface area contributed by atoms with Crippen LogP contribution in [0.1, 0.15) is 32.6 Å². The van der Waals surface area contributed by atoms with Crippen LogP contribution >= 0.6 is 0 Å². The summed E-state index contributed by atoms with van der Waals surface area (Å²) in [7, 11) is 0. The third-order valence-electron chi connectivity index (χ3n) is 4.45. The first-order valence-corrected chi connectivity index (χ1v) is 8.50. The average Bonchev–Trinajstić information content (AvgIpc) is 3.12. The van der Waals surface area contributed by atoms with E-state index in [2.05, 4.69) is 10.3 Å². The zero-order valence-electron chi connectivity index (χ0n) is 13.9. The molecule has 0 spiro atoms. The van der Waals surface area contributed by atoms with E-state index in [0.29, 0.717) is 30.3 Å². The van der Waals surface area contributed by atoms with Crippen molar-refractivity contribution in [1.82, 2.24) is 14.9 Å². The quantitative estimate of drug-likeness (QED) is 0.878. The fourth-order valence-electron chi connectivity index (χ4n) is 3.09. The average molecular weight is 329 g/mol. The monoisotopic (exact) mass is 329 g/mol. The van der Waals surface area contributed by atoms with Gasteiger partial charge in [-0.2, -0.15) is 0 Å². The number of nitrogens with one attached hydrogen (secondary N) is 1. The molecule has 6 heteroatoms. The van der Waals surface area contributed by atoms with Gasteiger partial charge in [0.1, 0.15) is 0 Å². The van der Waals surface area contributed by atoms with E-state index in [1.807, 2.05) is 25.1 Å². The number of nitrogens with zero attached hydrogens (tertiary/aromatic N) is 2. The van der Waals surface area contributed by atoms with Crippen molar-refractivity contribution in [2.24, 2.45) is 0 Å². The highest BCUT2D eigenvalue weighted by Crippen LogP contribution is 2.15. The SMILES string of the molecule is CC(NC(=O)CCCn1cnc2ccccc2c1=O)C1CCCO1. The molecule has 1 fully saturated rings. The Morgan fingerprint density at radius 2 is 2.29 bits per heavy atom. The lowest BCUT2D eigenvalue weighted by atomic mass is 10.1. The maximum Gasteiger partial charge on any atom is 0.261 e. The minimum atomic E-state index is -0.0614. The highest BCUT2D eigenvalue weighted by atomic mass is 16.5. The highest BCUT2D eigenvalue weighted by molar-refractivity contribution is 5.77. The van der Waals surface area contributed by atoms with Crippen LogP contribution in [0.3, 0.4) is 0 Å². The number of amides is 1. The molecule has 1 amide bonds. The Bertz CT molecular complexity index is 765. The highest BCUT2D eigenvalue weighted by Gasteiger charge is 2.23. The lowest BCUT2D eigenvalue weighted by Gasteiger charge is -2.20. The normalized spacial score (nSPS) is 18.6. The van der Waals surface area contributed by atoms with Gasteiger partial charge in [0.25, 0.3) is 5.56 Å². The molecule has 24 heavy (non-hydrogen) atoms. The molecule has 3 rings (SSSR count). The number of aryl methyl sites for hydroxylation is 1. The summed E-state index contributed by atoms with van der Waals surface area (Å²) in [6.07, 6.45) is 4.72. The number of hydrogen-bond acceptors (Lipinski definition) is 4. The van der Waals surface area contributed by atoms with Gasteiger partial charge in [-0.3, -0.25) is 14.2 Å². The van der Waals surface area contributed by atoms with Gasteiger partial charge in [-0.05, 0) is 38.3 Å². The van der Waals surface area contributed by atoms with Crippen LogP contribution in [0.5, 0.6) is 0 Å². The molecule has 1 saturated heterocycles. The summed E-state index contributed by atoms with van der Waals surface area (Å²) < 4.78 is 7.15. The van der Waals surface area contributed by atoms with Crippen LogP contribution < -0.4 is 10.9 Å². The largest absolute Gasteiger partial charge is 0.376 e. The van der Waals surface area contributed by atoms with E-state index in [-0.39, 0.29) is 23.6 Å². The van der Waals surface area contributed by atoms with Gasteiger partial charge in [0.15, 0.2) is 0 Å². The van der Waals surface area contributed by atoms with E-state index >= 15 is 0 Å². The summed E-state index contributed by atoms with van der Waals surface area (Å²) in [6.45, 7) is 3.24. The number of para-hydroxylation sites is 1. The first kappa shape index (κ1) is 16.6. The Balaban J connectivity index is 1.52. The van der Waals surface area contributed by atoms with Crippen molar-refractivity contribution < 1.29 is 9.53 Å². The van der Waals surface area contributed by atoms with Crippen LogP contribution in [-0.4, -0.2) is 34.2 Å². The molecule has 0 aliphatic carbocycles. The Kier molecular flexibility index (Phi) is 5.25. The summed E-state index contributed by atoms with van der Waals surface area (Å²) in [4.78, 5) is 28.7. The molecule has 0 bridgehead atoms. The number of carbonyl (C=O) groups is 1. The van der Waals surface area contributed by atoms with Gasteiger partial charge >= 0.3 is 0 Å². The van der Waals surface area contributed by atoms with Crippen molar-refractivity contribution in [2.45, 2.75) is 51.3 Å². The maximum absolute atomic E-state index is 12.4. The van der Waals surface area contributed by atoms with Gasteiger partial charge in [0.2, 0.25) is 5.91 Å². The molecule has 1 aromatic heterocycles. The lowest BCUT2D eigenvalue weighted by molar-refractivity contribution is -0.122. The fraction of sp³-hybridized carbons (Fsp3) is 0.500. The zero-order valence-corrected chi connectivity index (χ0v) is 13.9. The van der Waals surface area contributed by atoms with Crippen molar-refractivity contribution in [1.29, 1.82) is 0 Å². The minimum Gasteiger partial charge on any atom is -0.376 e. The summed E-state index contributed by atoms with van der Waals surface area (Å²) in [5.74, 6) is -0.000188. The van der Waals surface area contributed by atoms with Crippen LogP contribution in [0.25, 0.3) is 10.9 Å². The zero-order chi connectivity index (χ0) is 16.9. The topological polar surface area (TPSA) is 73.2 Å². The summed E-state index contributed by atoms with van der Waals surface area (Å²) in [6, 6.07) is 7.32. The van der Waals surface area contributed by atoms with Crippen LogP contribution in [0, 0.1) is 0 Å². The predicted molar refractivity (Wildman–Crippen MR) is 91.8 cm³/mol. The second-order valence-electron chi connectivity index (χ2n) is 6.27. The van der Waals surface area contributed by atoms with Gasteiger partial charge in [-0.25, -0.2) is 4.98 Å². The molecule has 0 radical (unpaired) electrons. The number of ether oxygens (including phenoxy) is 1. The third kappa shape index (κ3) is 3.82. The van der Waals surface area contributed by atoms with Gasteiger partial charge < -0.3 is 10.1 Å². The molecule has 0 saturated carbocycles. The first-order valence-electron chi connectivity index (χ1n) is 8.50. The Hall–Kier alpha value is -2.21. The number of rotatable bonds is 6. The molecule has 2 atom stereocenters. The van der Waals surface area contributed by atoms with Gasteiger partial charge in [-0.1, -0.05) is 12.1 Å². The number of benzene rings is 1. The van der Waals surface area contributed by atoms with Gasteiger partial charge in [0.05, 0.1) is 29.4 Å². The third-order valence-corrected chi connectivity index (χ3v) is 4.45. The number of hydrogen-bond donors (Lipinski definition) is 1. The molecule has 2 heterocycles. The molecule has 1 aliphatic heterocycles. The van der Waals surface area contributed by atoms with Gasteiger partial charge in [0, 0.05) is 19.6 Å². The fourth-order valence-corrected chi connectivity index (χ4v) is 3.09. The van der Waals surface area contributed by atoms with Crippen LogP contribution in [-0.2, 0) is 16.1 Å². The van der Waals surface area contributed by atoms with Gasteiger partial charge in [-0.15, -0.1) is 0 Å². The molecule has 2 unspecified atom stereocenters. The minimum absolute atomic E-state index is 0.000188. The Morgan fingerprint density at radius 1 is 1.46 bits per heavy atom.